The van der Waals surface area contributed by atoms with Crippen molar-refractivity contribution in [2.75, 3.05) is 11.9 Å². The second kappa shape index (κ2) is 5.28. The van der Waals surface area contributed by atoms with Crippen LogP contribution in [0.5, 0.6) is 5.75 Å². The molecular formula is C14H14N4O3. The number of nitrogens with one attached hydrogen (secondary N) is 1. The number of hydrogen-bond donors (Lipinski definition) is 2. The molecule has 1 aromatic carbocycles. The van der Waals surface area contributed by atoms with Gasteiger partial charge in [0.05, 0.1) is 6.61 Å². The summed E-state index contributed by atoms with van der Waals surface area (Å²) in [5.41, 5.74) is 0.915. The first-order chi connectivity index (χ1) is 10.2. The smallest absolute Gasteiger partial charge is 0.352 e. The summed E-state index contributed by atoms with van der Waals surface area (Å²) < 4.78 is 7.25. The molecule has 2 N–H and O–H groups in total. The summed E-state index contributed by atoms with van der Waals surface area (Å²) in [6, 6.07) is 7.12. The van der Waals surface area contributed by atoms with Gasteiger partial charge in [-0.2, -0.15) is 10.1 Å². The van der Waals surface area contributed by atoms with E-state index in [2.05, 4.69) is 15.4 Å². The highest BCUT2D eigenvalue weighted by Crippen LogP contribution is 2.33. The number of benzene rings is 1. The fraction of sp³-hybridized carbons (Fsp3) is 0.214. The van der Waals surface area contributed by atoms with Crippen LogP contribution in [-0.4, -0.2) is 32.4 Å². The summed E-state index contributed by atoms with van der Waals surface area (Å²) in [5, 5.41) is 16.1. The number of carboxylic acids is 1. The van der Waals surface area contributed by atoms with Crippen molar-refractivity contribution >= 4 is 11.9 Å². The van der Waals surface area contributed by atoms with Crippen molar-refractivity contribution < 1.29 is 14.6 Å². The summed E-state index contributed by atoms with van der Waals surface area (Å²) in [7, 11) is 0. The topological polar surface area (TPSA) is 89.3 Å². The summed E-state index contributed by atoms with van der Waals surface area (Å²) in [5.74, 6) is 0.0590. The van der Waals surface area contributed by atoms with Gasteiger partial charge in [-0.3, -0.25) is 0 Å². The lowest BCUT2D eigenvalue weighted by Crippen LogP contribution is -2.24. The van der Waals surface area contributed by atoms with E-state index in [1.165, 1.54) is 6.33 Å². The number of fused-ring (bicyclic) bond motifs is 1. The number of carboxylic acid groups (broad SMARTS) is 1. The molecule has 0 aliphatic carbocycles. The van der Waals surface area contributed by atoms with Crippen molar-refractivity contribution in [3.05, 3.63) is 47.9 Å². The van der Waals surface area contributed by atoms with Crippen LogP contribution in [0.3, 0.4) is 0 Å². The van der Waals surface area contributed by atoms with Gasteiger partial charge in [0, 0.05) is 5.56 Å². The molecule has 0 saturated heterocycles. The first-order valence-corrected chi connectivity index (χ1v) is 6.54. The van der Waals surface area contributed by atoms with E-state index in [9.17, 15) is 9.90 Å². The molecule has 0 radical (unpaired) electrons. The Morgan fingerprint density at radius 1 is 1.48 bits per heavy atom. The van der Waals surface area contributed by atoms with Gasteiger partial charge >= 0.3 is 5.97 Å². The minimum absolute atomic E-state index is 0.0757. The molecular weight excluding hydrogens is 272 g/mol. The molecule has 1 aliphatic rings. The Morgan fingerprint density at radius 2 is 2.29 bits per heavy atom. The molecule has 2 aromatic rings. The predicted octanol–water partition coefficient (Wildman–Crippen LogP) is 1.66. The van der Waals surface area contributed by atoms with Gasteiger partial charge in [-0.05, 0) is 19.1 Å². The van der Waals surface area contributed by atoms with Crippen LogP contribution in [0.4, 0.5) is 5.95 Å². The van der Waals surface area contributed by atoms with Crippen LogP contribution in [0.1, 0.15) is 18.5 Å². The molecule has 0 saturated carbocycles. The standard InChI is InChI=1S/C14H14N4O3/c1-2-21-12-6-4-3-5-9(12)11-7-10(13(19)20)17-14-15-8-16-18(11)14/h3-8,11H,2H2,1H3,(H,19,20)(H,15,16,17). The largest absolute Gasteiger partial charge is 0.494 e. The first-order valence-electron chi connectivity index (χ1n) is 6.54. The highest BCUT2D eigenvalue weighted by Gasteiger charge is 2.27. The number of anilines is 1. The molecule has 0 spiro atoms. The van der Waals surface area contributed by atoms with Crippen molar-refractivity contribution in [2.24, 2.45) is 0 Å². The van der Waals surface area contributed by atoms with Crippen LogP contribution < -0.4 is 10.1 Å². The number of hydrogen-bond acceptors (Lipinski definition) is 5. The molecule has 0 bridgehead atoms. The summed E-state index contributed by atoms with van der Waals surface area (Å²) in [4.78, 5) is 15.3. The molecule has 1 aliphatic heterocycles. The average Bonchev–Trinajstić information content (AvgIpc) is 2.95. The molecule has 0 amide bonds. The quantitative estimate of drug-likeness (QED) is 0.888. The van der Waals surface area contributed by atoms with Crippen LogP contribution in [0.15, 0.2) is 42.4 Å². The Labute approximate surface area is 120 Å². The molecule has 1 unspecified atom stereocenters. The minimum Gasteiger partial charge on any atom is -0.494 e. The second-order valence-electron chi connectivity index (χ2n) is 4.45. The Morgan fingerprint density at radius 3 is 3.05 bits per heavy atom. The van der Waals surface area contributed by atoms with Gasteiger partial charge in [0.15, 0.2) is 0 Å². The molecule has 108 valence electrons. The molecule has 2 heterocycles. The van der Waals surface area contributed by atoms with Crippen molar-refractivity contribution in [3.8, 4) is 5.75 Å². The normalized spacial score (nSPS) is 16.6. The highest BCUT2D eigenvalue weighted by atomic mass is 16.5. The lowest BCUT2D eigenvalue weighted by atomic mass is 10.0. The predicted molar refractivity (Wildman–Crippen MR) is 75.1 cm³/mol. The van der Waals surface area contributed by atoms with E-state index in [-0.39, 0.29) is 11.7 Å². The molecule has 7 heteroatoms. The van der Waals surface area contributed by atoms with Crippen molar-refractivity contribution in [1.82, 2.24) is 14.8 Å². The van der Waals surface area contributed by atoms with Crippen molar-refractivity contribution in [3.63, 3.8) is 0 Å². The Hall–Kier alpha value is -2.83. The second-order valence-corrected chi connectivity index (χ2v) is 4.45. The third-order valence-corrected chi connectivity index (χ3v) is 3.18. The van der Waals surface area contributed by atoms with Gasteiger partial charge in [0.2, 0.25) is 5.95 Å². The number of para-hydroxylation sites is 1. The van der Waals surface area contributed by atoms with E-state index in [1.807, 2.05) is 31.2 Å². The summed E-state index contributed by atoms with van der Waals surface area (Å²) >= 11 is 0. The van der Waals surface area contributed by atoms with Crippen molar-refractivity contribution in [2.45, 2.75) is 13.0 Å². The van der Waals surface area contributed by atoms with E-state index in [0.717, 1.165) is 5.56 Å². The van der Waals surface area contributed by atoms with Crippen LogP contribution in [0.25, 0.3) is 0 Å². The zero-order chi connectivity index (χ0) is 14.8. The third kappa shape index (κ3) is 2.33. The van der Waals surface area contributed by atoms with Crippen LogP contribution in [-0.2, 0) is 4.79 Å². The number of rotatable bonds is 4. The maximum Gasteiger partial charge on any atom is 0.352 e. The van der Waals surface area contributed by atoms with Crippen LogP contribution in [0.2, 0.25) is 0 Å². The number of allylic oxidation sites excluding steroid dienone is 1. The zero-order valence-corrected chi connectivity index (χ0v) is 11.4. The zero-order valence-electron chi connectivity index (χ0n) is 11.4. The maximum absolute atomic E-state index is 11.3. The van der Waals surface area contributed by atoms with Gasteiger partial charge in [-0.1, -0.05) is 18.2 Å². The van der Waals surface area contributed by atoms with Gasteiger partial charge in [0.1, 0.15) is 23.8 Å². The van der Waals surface area contributed by atoms with Gasteiger partial charge in [-0.25, -0.2) is 9.48 Å². The van der Waals surface area contributed by atoms with E-state index >= 15 is 0 Å². The molecule has 1 aromatic heterocycles. The summed E-state index contributed by atoms with van der Waals surface area (Å²) in [6.07, 6.45) is 2.99. The monoisotopic (exact) mass is 286 g/mol. The van der Waals surface area contributed by atoms with Gasteiger partial charge in [0.25, 0.3) is 0 Å². The molecule has 1 atom stereocenters. The first kappa shape index (κ1) is 13.2. The SMILES string of the molecule is CCOc1ccccc1C1C=C(C(=O)O)Nc2ncnn21. The number of nitrogens with zero attached hydrogens (tertiary/aromatic N) is 3. The van der Waals surface area contributed by atoms with E-state index in [0.29, 0.717) is 18.3 Å². The third-order valence-electron chi connectivity index (χ3n) is 3.18. The Kier molecular flexibility index (Phi) is 3.31. The lowest BCUT2D eigenvalue weighted by Gasteiger charge is -2.24. The van der Waals surface area contributed by atoms with Gasteiger partial charge < -0.3 is 15.2 Å². The minimum atomic E-state index is -1.04. The van der Waals surface area contributed by atoms with E-state index in [1.54, 1.807) is 10.8 Å². The maximum atomic E-state index is 11.3. The average molecular weight is 286 g/mol. The van der Waals surface area contributed by atoms with Gasteiger partial charge in [-0.15, -0.1) is 0 Å². The Bertz CT molecular complexity index is 708. The number of aliphatic carboxylic acids is 1. The number of ether oxygens (including phenoxy) is 1. The fourth-order valence-corrected chi connectivity index (χ4v) is 2.29. The number of aromatic nitrogens is 3. The molecule has 0 fully saturated rings. The molecule has 7 nitrogen and oxygen atoms in total. The Balaban J connectivity index is 2.11. The molecule has 21 heavy (non-hydrogen) atoms. The highest BCUT2D eigenvalue weighted by molar-refractivity contribution is 5.90. The molecule has 3 rings (SSSR count). The van der Waals surface area contributed by atoms with E-state index < -0.39 is 5.97 Å². The van der Waals surface area contributed by atoms with Crippen molar-refractivity contribution in [1.29, 1.82) is 0 Å². The van der Waals surface area contributed by atoms with E-state index in [4.69, 9.17) is 4.74 Å². The fourth-order valence-electron chi connectivity index (χ4n) is 2.29. The number of carbonyl (C=O) groups is 1. The lowest BCUT2D eigenvalue weighted by molar-refractivity contribution is -0.132. The summed E-state index contributed by atoms with van der Waals surface area (Å²) in [6.45, 7) is 2.43. The van der Waals surface area contributed by atoms with Crippen LogP contribution in [0, 0.1) is 0 Å². The van der Waals surface area contributed by atoms with Crippen LogP contribution >= 0.6 is 0 Å².